The molecule has 0 aliphatic carbocycles. The second kappa shape index (κ2) is 12.6. The number of methoxy groups -OCH3 is 1. The van der Waals surface area contributed by atoms with E-state index in [1.165, 1.54) is 12.1 Å². The molecule has 142 valence electrons. The molecule has 0 fully saturated rings. The van der Waals surface area contributed by atoms with Crippen LogP contribution in [0.4, 0.5) is 8.78 Å². The van der Waals surface area contributed by atoms with Gasteiger partial charge in [0.1, 0.15) is 11.6 Å². The Labute approximate surface area is 149 Å². The van der Waals surface area contributed by atoms with Gasteiger partial charge >= 0.3 is 0 Å². The summed E-state index contributed by atoms with van der Waals surface area (Å²) < 4.78 is 31.6. The zero-order chi connectivity index (χ0) is 18.5. The van der Waals surface area contributed by atoms with E-state index < -0.39 is 11.6 Å². The number of aliphatic imine (C=N–C) groups is 1. The van der Waals surface area contributed by atoms with Crippen molar-refractivity contribution in [1.29, 1.82) is 0 Å². The van der Waals surface area contributed by atoms with Gasteiger partial charge in [-0.25, -0.2) is 8.78 Å². The summed E-state index contributed by atoms with van der Waals surface area (Å²) in [6.07, 6.45) is 1.46. The Kier molecular flexibility index (Phi) is 10.7. The highest BCUT2D eigenvalue weighted by Gasteiger charge is 2.04. The molecule has 2 N–H and O–H groups in total. The molecule has 0 aliphatic heterocycles. The lowest BCUT2D eigenvalue weighted by atomic mass is 10.1. The molecule has 0 saturated heterocycles. The second-order valence-corrected chi connectivity index (χ2v) is 5.82. The van der Waals surface area contributed by atoms with Gasteiger partial charge < -0.3 is 20.3 Å². The summed E-state index contributed by atoms with van der Waals surface area (Å²) in [4.78, 5) is 6.73. The monoisotopic (exact) mass is 356 g/mol. The topological polar surface area (TPSA) is 48.9 Å². The minimum absolute atomic E-state index is 0.466. The van der Waals surface area contributed by atoms with Gasteiger partial charge in [0.15, 0.2) is 5.96 Å². The zero-order valence-electron chi connectivity index (χ0n) is 15.4. The van der Waals surface area contributed by atoms with Crippen LogP contribution in [0.5, 0.6) is 0 Å². The van der Waals surface area contributed by atoms with E-state index in [0.717, 1.165) is 38.7 Å². The third-order valence-electron chi connectivity index (χ3n) is 3.69. The van der Waals surface area contributed by atoms with Crippen LogP contribution in [0.1, 0.15) is 18.9 Å². The summed E-state index contributed by atoms with van der Waals surface area (Å²) in [5.41, 5.74) is 0.489. The van der Waals surface area contributed by atoms with Crippen LogP contribution in [0.15, 0.2) is 23.2 Å². The second-order valence-electron chi connectivity index (χ2n) is 5.82. The number of halogens is 2. The molecule has 0 radical (unpaired) electrons. The highest BCUT2D eigenvalue weighted by Crippen LogP contribution is 2.09. The van der Waals surface area contributed by atoms with Crippen LogP contribution in [-0.4, -0.2) is 64.3 Å². The molecule has 0 aromatic heterocycles. The van der Waals surface area contributed by atoms with Crippen LogP contribution in [0, 0.1) is 11.6 Å². The highest BCUT2D eigenvalue weighted by molar-refractivity contribution is 5.79. The smallest absolute Gasteiger partial charge is 0.191 e. The molecule has 25 heavy (non-hydrogen) atoms. The Hall–Kier alpha value is -1.73. The summed E-state index contributed by atoms with van der Waals surface area (Å²) in [7, 11) is 3.76. The molecule has 0 amide bonds. The molecule has 1 rings (SSSR count). The van der Waals surface area contributed by atoms with Crippen molar-refractivity contribution in [3.63, 3.8) is 0 Å². The van der Waals surface area contributed by atoms with E-state index in [2.05, 4.69) is 27.6 Å². The maximum Gasteiger partial charge on any atom is 0.191 e. The van der Waals surface area contributed by atoms with E-state index in [1.807, 2.05) is 6.92 Å². The Bertz CT molecular complexity index is 526. The third kappa shape index (κ3) is 9.36. The standard InChI is InChI=1S/C18H30F2N4O/c1-4-21-18(23-10-12-24(2)11-5-13-25-3)22-9-8-15-6-7-16(19)14-17(15)20/h6-7,14H,4-5,8-13H2,1-3H3,(H2,21,22,23). The number of hydrogen-bond donors (Lipinski definition) is 2. The number of benzene rings is 1. The first kappa shape index (κ1) is 21.3. The van der Waals surface area contributed by atoms with Gasteiger partial charge in [-0.15, -0.1) is 0 Å². The molecule has 1 aromatic carbocycles. The van der Waals surface area contributed by atoms with Crippen molar-refractivity contribution in [1.82, 2.24) is 15.5 Å². The number of ether oxygens (including phenoxy) is 1. The van der Waals surface area contributed by atoms with Gasteiger partial charge in [0.05, 0.1) is 6.54 Å². The van der Waals surface area contributed by atoms with Crippen LogP contribution in [0.25, 0.3) is 0 Å². The van der Waals surface area contributed by atoms with Crippen LogP contribution in [0.3, 0.4) is 0 Å². The number of nitrogens with zero attached hydrogens (tertiary/aromatic N) is 2. The maximum absolute atomic E-state index is 13.6. The quantitative estimate of drug-likeness (QED) is 0.362. The molecule has 1 aromatic rings. The number of rotatable bonds is 11. The van der Waals surface area contributed by atoms with Crippen molar-refractivity contribution in [3.8, 4) is 0 Å². The summed E-state index contributed by atoms with van der Waals surface area (Å²) in [5, 5.41) is 6.34. The van der Waals surface area contributed by atoms with E-state index >= 15 is 0 Å². The number of guanidine groups is 1. The fourth-order valence-corrected chi connectivity index (χ4v) is 2.30. The minimum atomic E-state index is -0.557. The van der Waals surface area contributed by atoms with Crippen molar-refractivity contribution in [2.24, 2.45) is 4.99 Å². The summed E-state index contributed by atoms with van der Waals surface area (Å²) in [5.74, 6) is -0.365. The maximum atomic E-state index is 13.6. The van der Waals surface area contributed by atoms with E-state index in [4.69, 9.17) is 4.74 Å². The first-order valence-corrected chi connectivity index (χ1v) is 8.70. The molecular formula is C18H30F2N4O. The molecule has 7 heteroatoms. The third-order valence-corrected chi connectivity index (χ3v) is 3.69. The van der Waals surface area contributed by atoms with Crippen LogP contribution >= 0.6 is 0 Å². The molecule has 0 heterocycles. The van der Waals surface area contributed by atoms with Gasteiger partial charge in [0, 0.05) is 46.0 Å². The number of nitrogens with one attached hydrogen (secondary N) is 2. The predicted octanol–water partition coefficient (Wildman–Crippen LogP) is 2.03. The normalized spacial score (nSPS) is 11.8. The molecule has 0 unspecified atom stereocenters. The van der Waals surface area contributed by atoms with Crippen LogP contribution in [0.2, 0.25) is 0 Å². The van der Waals surface area contributed by atoms with Gasteiger partial charge in [-0.2, -0.15) is 0 Å². The van der Waals surface area contributed by atoms with Crippen LogP contribution in [-0.2, 0) is 11.2 Å². The zero-order valence-corrected chi connectivity index (χ0v) is 15.4. The Balaban J connectivity index is 2.37. The lowest BCUT2D eigenvalue weighted by Crippen LogP contribution is -2.39. The van der Waals surface area contributed by atoms with E-state index in [9.17, 15) is 8.78 Å². The molecule has 0 atom stereocenters. The lowest BCUT2D eigenvalue weighted by molar-refractivity contribution is 0.180. The number of hydrogen-bond acceptors (Lipinski definition) is 3. The van der Waals surface area contributed by atoms with E-state index in [0.29, 0.717) is 31.0 Å². The summed E-state index contributed by atoms with van der Waals surface area (Å²) in [6, 6.07) is 3.66. The fraction of sp³-hybridized carbons (Fsp3) is 0.611. The van der Waals surface area contributed by atoms with Gasteiger partial charge in [-0.05, 0) is 38.4 Å². The highest BCUT2D eigenvalue weighted by atomic mass is 19.1. The molecule has 0 bridgehead atoms. The van der Waals surface area contributed by atoms with Crippen molar-refractivity contribution < 1.29 is 13.5 Å². The van der Waals surface area contributed by atoms with Gasteiger partial charge in [-0.3, -0.25) is 4.99 Å². The van der Waals surface area contributed by atoms with Gasteiger partial charge in [0.2, 0.25) is 0 Å². The molecule has 0 aliphatic rings. The van der Waals surface area contributed by atoms with Crippen molar-refractivity contribution in [3.05, 3.63) is 35.4 Å². The molecule has 0 saturated carbocycles. The minimum Gasteiger partial charge on any atom is -0.385 e. The Morgan fingerprint density at radius 3 is 2.72 bits per heavy atom. The van der Waals surface area contributed by atoms with Gasteiger partial charge in [-0.1, -0.05) is 6.07 Å². The van der Waals surface area contributed by atoms with Crippen molar-refractivity contribution >= 4 is 5.96 Å². The lowest BCUT2D eigenvalue weighted by Gasteiger charge is -2.16. The van der Waals surface area contributed by atoms with Crippen molar-refractivity contribution in [2.75, 3.05) is 53.5 Å². The molecule has 0 spiro atoms. The first-order valence-electron chi connectivity index (χ1n) is 8.70. The summed E-state index contributed by atoms with van der Waals surface area (Å²) in [6.45, 7) is 6.53. The average Bonchev–Trinajstić information content (AvgIpc) is 2.57. The molecule has 5 nitrogen and oxygen atoms in total. The Morgan fingerprint density at radius 1 is 1.24 bits per heavy atom. The van der Waals surface area contributed by atoms with E-state index in [1.54, 1.807) is 7.11 Å². The molecular weight excluding hydrogens is 326 g/mol. The first-order chi connectivity index (χ1) is 12.1. The average molecular weight is 356 g/mol. The van der Waals surface area contributed by atoms with Gasteiger partial charge in [0.25, 0.3) is 0 Å². The van der Waals surface area contributed by atoms with Crippen LogP contribution < -0.4 is 10.6 Å². The van der Waals surface area contributed by atoms with E-state index in [-0.39, 0.29) is 0 Å². The summed E-state index contributed by atoms with van der Waals surface area (Å²) >= 11 is 0. The largest absolute Gasteiger partial charge is 0.385 e. The Morgan fingerprint density at radius 2 is 2.04 bits per heavy atom. The fourth-order valence-electron chi connectivity index (χ4n) is 2.30. The van der Waals surface area contributed by atoms with Crippen molar-refractivity contribution in [2.45, 2.75) is 19.8 Å². The predicted molar refractivity (Wildman–Crippen MR) is 98.0 cm³/mol. The SMILES string of the molecule is CCNC(=NCCN(C)CCCOC)NCCc1ccc(F)cc1F. The number of likely N-dealkylation sites (N-methyl/N-ethyl adjacent to an activating group) is 1.